The highest BCUT2D eigenvalue weighted by molar-refractivity contribution is 5.95. The first-order chi connectivity index (χ1) is 38.9. The Morgan fingerprint density at radius 2 is 1.11 bits per heavy atom. The Hall–Kier alpha value is -8.88. The second kappa shape index (κ2) is 26.6. The third-order valence-electron chi connectivity index (χ3n) is 13.1. The second-order valence-corrected chi connectivity index (χ2v) is 22.3. The van der Waals surface area contributed by atoms with Gasteiger partial charge in [0.25, 0.3) is 17.7 Å². The SMILES string of the molecule is CCCn1cc(C(=O)NC(C)c2nc(-c3ccc(C)cc3)no2)c(C)n1.Cc1ccc(-c2noc(C(C)NC(=O)c3cc(C(C)C)n(C(C)(C)C)n3)n2)cc1.Cc1ccccc1-c1noc(C(C)NC(=O)c2cc(CC(C)C)nn2C)n1. The minimum absolute atomic E-state index is 0.201. The minimum atomic E-state index is -0.434. The van der Waals surface area contributed by atoms with Gasteiger partial charge in [0.1, 0.15) is 29.5 Å². The first-order valence-corrected chi connectivity index (χ1v) is 27.7. The van der Waals surface area contributed by atoms with Gasteiger partial charge in [-0.05, 0) is 112 Å². The number of hydrogen-bond acceptors (Lipinski definition) is 15. The molecule has 0 bridgehead atoms. The monoisotopic (exact) mass is 1120 g/mol. The van der Waals surface area contributed by atoms with Crippen LogP contribution in [0.4, 0.5) is 0 Å². The van der Waals surface area contributed by atoms with Crippen molar-refractivity contribution in [3.8, 4) is 34.2 Å². The molecule has 21 heteroatoms. The van der Waals surface area contributed by atoms with Gasteiger partial charge in [-0.25, -0.2) is 0 Å². The number of nitrogens with zero attached hydrogens (tertiary/aromatic N) is 12. The number of aromatic nitrogens is 12. The van der Waals surface area contributed by atoms with E-state index in [1.165, 1.54) is 0 Å². The summed E-state index contributed by atoms with van der Waals surface area (Å²) in [5.74, 6) is 2.67. The summed E-state index contributed by atoms with van der Waals surface area (Å²) < 4.78 is 21.4. The Bertz CT molecular complexity index is 3570. The zero-order valence-electron chi connectivity index (χ0n) is 50.0. The quantitative estimate of drug-likeness (QED) is 0.0766. The van der Waals surface area contributed by atoms with Gasteiger partial charge in [-0.2, -0.15) is 30.2 Å². The molecule has 9 rings (SSSR count). The molecule has 0 aliphatic heterocycles. The molecule has 21 nitrogen and oxygen atoms in total. The molecule has 0 spiro atoms. The van der Waals surface area contributed by atoms with Crippen LogP contribution in [-0.2, 0) is 25.6 Å². The van der Waals surface area contributed by atoms with Crippen molar-refractivity contribution >= 4 is 17.7 Å². The first kappa shape index (κ1) is 60.8. The Morgan fingerprint density at radius 3 is 1.60 bits per heavy atom. The zero-order chi connectivity index (χ0) is 59.6. The summed E-state index contributed by atoms with van der Waals surface area (Å²) in [5, 5.41) is 34.1. The molecule has 0 radical (unpaired) electrons. The van der Waals surface area contributed by atoms with Crippen molar-refractivity contribution in [1.29, 1.82) is 0 Å². The molecule has 3 N–H and O–H groups in total. The van der Waals surface area contributed by atoms with E-state index in [1.54, 1.807) is 22.6 Å². The summed E-state index contributed by atoms with van der Waals surface area (Å²) >= 11 is 0. The van der Waals surface area contributed by atoms with Gasteiger partial charge in [0.2, 0.25) is 35.1 Å². The number of hydrogen-bond donors (Lipinski definition) is 3. The molecule has 3 amide bonds. The Morgan fingerprint density at radius 1 is 0.610 bits per heavy atom. The van der Waals surface area contributed by atoms with E-state index in [2.05, 4.69) is 117 Å². The number of aryl methyl sites for hydroxylation is 6. The number of carbonyl (C=O) groups is 3. The molecule has 3 unspecified atom stereocenters. The van der Waals surface area contributed by atoms with Gasteiger partial charge >= 0.3 is 0 Å². The van der Waals surface area contributed by atoms with Crippen molar-refractivity contribution < 1.29 is 28.0 Å². The molecule has 0 fully saturated rings. The van der Waals surface area contributed by atoms with Crippen LogP contribution in [0.2, 0.25) is 0 Å². The van der Waals surface area contributed by atoms with E-state index in [0.717, 1.165) is 64.2 Å². The van der Waals surface area contributed by atoms with E-state index in [-0.39, 0.29) is 29.2 Å². The summed E-state index contributed by atoms with van der Waals surface area (Å²) in [4.78, 5) is 51.2. The highest BCUT2D eigenvalue weighted by atomic mass is 16.5. The van der Waals surface area contributed by atoms with Crippen LogP contribution in [0.5, 0.6) is 0 Å². The van der Waals surface area contributed by atoms with Crippen LogP contribution >= 0.6 is 0 Å². The average Bonchev–Trinajstić information content (AvgIpc) is 4.46. The van der Waals surface area contributed by atoms with Crippen molar-refractivity contribution in [2.75, 3.05) is 0 Å². The fourth-order valence-electron chi connectivity index (χ4n) is 8.60. The predicted molar refractivity (Wildman–Crippen MR) is 311 cm³/mol. The minimum Gasteiger partial charge on any atom is -0.340 e. The highest BCUT2D eigenvalue weighted by Gasteiger charge is 2.27. The Labute approximate surface area is 479 Å². The van der Waals surface area contributed by atoms with Crippen LogP contribution < -0.4 is 16.0 Å². The summed E-state index contributed by atoms with van der Waals surface area (Å²) in [6.07, 6.45) is 3.56. The molecular weight excluding hydrogens is 1040 g/mol. The van der Waals surface area contributed by atoms with E-state index >= 15 is 0 Å². The number of benzene rings is 3. The maximum Gasteiger partial charge on any atom is 0.272 e. The first-order valence-electron chi connectivity index (χ1n) is 27.7. The van der Waals surface area contributed by atoms with Crippen LogP contribution in [0.25, 0.3) is 34.2 Å². The molecule has 6 heterocycles. The average molecular weight is 1120 g/mol. The standard InChI is InChI=1S/C22H29N5O2.C20H25N5O2.C19H23N5O2/c1-13(2)18-12-17(25-27(18)22(5,6)7)20(28)23-15(4)21-24-19(26-29-21)16-10-8-14(3)9-11-16;1-12(2)10-15-11-17(25(5)23-15)19(26)21-14(4)20-22-18(24-27-20)16-9-7-6-8-13(16)3;1-5-10-24-11-16(13(3)22-24)18(25)20-14(4)19-21-17(23-26-19)15-8-6-12(2)7-9-15/h8-13,15H,1-7H3,(H,23,28);6-9,11-12,14H,10H2,1-5H3,(H,21,26);6-9,11,14H,5,10H2,1-4H3,(H,20,25). The number of amides is 3. The van der Waals surface area contributed by atoms with Crippen molar-refractivity contribution in [2.45, 2.75) is 153 Å². The summed E-state index contributed by atoms with van der Waals surface area (Å²) in [5.41, 5.74) is 9.92. The lowest BCUT2D eigenvalue weighted by Crippen LogP contribution is -2.29. The molecule has 6 aromatic heterocycles. The van der Waals surface area contributed by atoms with Gasteiger partial charge in [0.05, 0.1) is 22.5 Å². The molecule has 0 aliphatic rings. The van der Waals surface area contributed by atoms with Gasteiger partial charge in [0.15, 0.2) is 0 Å². The van der Waals surface area contributed by atoms with Gasteiger partial charge in [-0.3, -0.25) is 28.4 Å². The van der Waals surface area contributed by atoms with Crippen molar-refractivity contribution in [2.24, 2.45) is 13.0 Å². The lowest BCUT2D eigenvalue weighted by molar-refractivity contribution is 0.0916. The summed E-state index contributed by atoms with van der Waals surface area (Å²) in [6.45, 7) is 30.8. The van der Waals surface area contributed by atoms with Gasteiger partial charge in [-0.15, -0.1) is 0 Å². The lowest BCUT2D eigenvalue weighted by atomic mass is 10.1. The third kappa shape index (κ3) is 15.5. The largest absolute Gasteiger partial charge is 0.340 e. The third-order valence-corrected chi connectivity index (χ3v) is 13.1. The fraction of sp³-hybridized carbons (Fsp3) is 0.410. The Kier molecular flexibility index (Phi) is 19.7. The molecule has 3 atom stereocenters. The predicted octanol–water partition coefficient (Wildman–Crippen LogP) is 11.5. The molecular formula is C61H77N15O6. The highest BCUT2D eigenvalue weighted by Crippen LogP contribution is 2.26. The molecule has 0 saturated heterocycles. The van der Waals surface area contributed by atoms with Crippen molar-refractivity contribution in [3.63, 3.8) is 0 Å². The van der Waals surface area contributed by atoms with Crippen LogP contribution in [0, 0.1) is 33.6 Å². The maximum absolute atomic E-state index is 12.8. The van der Waals surface area contributed by atoms with E-state index in [4.69, 9.17) is 13.6 Å². The van der Waals surface area contributed by atoms with Crippen molar-refractivity contribution in [1.82, 2.24) is 75.7 Å². The molecule has 3 aromatic carbocycles. The maximum atomic E-state index is 12.8. The van der Waals surface area contributed by atoms with E-state index < -0.39 is 18.1 Å². The number of carbonyl (C=O) groups excluding carboxylic acids is 3. The molecule has 432 valence electrons. The summed E-state index contributed by atoms with van der Waals surface area (Å²) in [7, 11) is 1.77. The van der Waals surface area contributed by atoms with Crippen molar-refractivity contribution in [3.05, 3.63) is 160 Å². The fourth-order valence-corrected chi connectivity index (χ4v) is 8.60. The van der Waals surface area contributed by atoms with Gasteiger partial charge < -0.3 is 29.5 Å². The van der Waals surface area contributed by atoms with E-state index in [9.17, 15) is 14.4 Å². The lowest BCUT2D eigenvalue weighted by Gasteiger charge is -2.23. The normalized spacial score (nSPS) is 12.5. The smallest absolute Gasteiger partial charge is 0.272 e. The van der Waals surface area contributed by atoms with E-state index in [1.807, 2.05) is 138 Å². The van der Waals surface area contributed by atoms with Crippen LogP contribution in [0.1, 0.15) is 189 Å². The Balaban J connectivity index is 0.000000177. The number of nitrogens with one attached hydrogen (secondary N) is 3. The topological polar surface area (TPSA) is 258 Å². The van der Waals surface area contributed by atoms with Gasteiger partial charge in [-0.1, -0.05) is 134 Å². The van der Waals surface area contributed by atoms with Gasteiger partial charge in [0, 0.05) is 42.2 Å². The number of rotatable bonds is 17. The molecule has 0 aliphatic carbocycles. The zero-order valence-corrected chi connectivity index (χ0v) is 50.0. The van der Waals surface area contributed by atoms with Crippen LogP contribution in [0.3, 0.4) is 0 Å². The van der Waals surface area contributed by atoms with Crippen LogP contribution in [0.15, 0.2) is 105 Å². The second-order valence-electron chi connectivity index (χ2n) is 22.3. The molecule has 9 aromatic rings. The van der Waals surface area contributed by atoms with E-state index in [0.29, 0.717) is 63.7 Å². The summed E-state index contributed by atoms with van der Waals surface area (Å²) in [6, 6.07) is 26.0. The molecule has 82 heavy (non-hydrogen) atoms. The van der Waals surface area contributed by atoms with Crippen LogP contribution in [-0.4, -0.2) is 77.5 Å². The molecule has 0 saturated carbocycles.